The second-order valence-corrected chi connectivity index (χ2v) is 7.16. The predicted molar refractivity (Wildman–Crippen MR) is 111 cm³/mol. The fourth-order valence-corrected chi connectivity index (χ4v) is 3.47. The molecule has 0 atom stereocenters. The molecule has 2 aromatic rings. The number of likely N-dealkylation sites (N-methyl/N-ethyl adjacent to an activating group) is 1. The van der Waals surface area contributed by atoms with Gasteiger partial charge in [-0.05, 0) is 31.5 Å². The number of methoxy groups -OCH3 is 1. The first-order valence-corrected chi connectivity index (χ1v) is 10.0. The van der Waals surface area contributed by atoms with E-state index < -0.39 is 0 Å². The summed E-state index contributed by atoms with van der Waals surface area (Å²) in [5.41, 5.74) is 3.06. The van der Waals surface area contributed by atoms with Crippen LogP contribution in [0, 0.1) is 6.92 Å². The van der Waals surface area contributed by atoms with E-state index in [1.807, 2.05) is 19.1 Å². The number of thioether (sulfide) groups is 1. The summed E-state index contributed by atoms with van der Waals surface area (Å²) in [6.45, 7) is 4.47. The van der Waals surface area contributed by atoms with Crippen LogP contribution in [0.1, 0.15) is 18.1 Å². The third kappa shape index (κ3) is 6.98. The Morgan fingerprint density at radius 3 is 2.63 bits per heavy atom. The van der Waals surface area contributed by atoms with Gasteiger partial charge in [-0.1, -0.05) is 35.9 Å². The second kappa shape index (κ2) is 10.6. The molecule has 0 saturated heterocycles. The Labute approximate surface area is 165 Å². The molecule has 0 heterocycles. The van der Waals surface area contributed by atoms with Gasteiger partial charge >= 0.3 is 0 Å². The average Bonchev–Trinajstić information content (AvgIpc) is 2.66. The number of carbonyl (C=O) groups excluding carboxylic acids is 2. The van der Waals surface area contributed by atoms with E-state index in [1.165, 1.54) is 11.1 Å². The molecule has 2 aromatic carbocycles. The van der Waals surface area contributed by atoms with Crippen molar-refractivity contribution in [2.24, 2.45) is 0 Å². The molecule has 0 fully saturated rings. The lowest BCUT2D eigenvalue weighted by Gasteiger charge is -2.20. The van der Waals surface area contributed by atoms with Crippen LogP contribution in [-0.4, -0.2) is 42.7 Å². The molecule has 0 spiro atoms. The van der Waals surface area contributed by atoms with Crippen LogP contribution < -0.4 is 10.1 Å². The minimum Gasteiger partial charge on any atom is -0.497 e. The molecule has 0 unspecified atom stereocenters. The standard InChI is InChI=1S/C21H26N2O3S/c1-4-23(13-20(24)22-18-9-6-10-19(12-18)26-3)21(25)15-27-14-17-8-5-7-16(2)11-17/h5-12H,4,13-15H2,1-3H3,(H,22,24). The molecular weight excluding hydrogens is 360 g/mol. The van der Waals surface area contributed by atoms with Crippen LogP contribution in [0.2, 0.25) is 0 Å². The van der Waals surface area contributed by atoms with Gasteiger partial charge in [0.05, 0.1) is 19.4 Å². The summed E-state index contributed by atoms with van der Waals surface area (Å²) in [7, 11) is 1.58. The third-order valence-electron chi connectivity index (χ3n) is 4.00. The van der Waals surface area contributed by atoms with Crippen LogP contribution in [0.15, 0.2) is 48.5 Å². The normalized spacial score (nSPS) is 10.3. The van der Waals surface area contributed by atoms with Crippen LogP contribution in [-0.2, 0) is 15.3 Å². The lowest BCUT2D eigenvalue weighted by Crippen LogP contribution is -2.38. The van der Waals surface area contributed by atoms with Crippen LogP contribution >= 0.6 is 11.8 Å². The molecular formula is C21H26N2O3S. The largest absolute Gasteiger partial charge is 0.497 e. The van der Waals surface area contributed by atoms with E-state index in [1.54, 1.807) is 42.0 Å². The van der Waals surface area contributed by atoms with E-state index in [0.717, 1.165) is 5.75 Å². The summed E-state index contributed by atoms with van der Waals surface area (Å²) < 4.78 is 5.15. The first-order valence-electron chi connectivity index (χ1n) is 8.86. The SMILES string of the molecule is CCN(CC(=O)Nc1cccc(OC)c1)C(=O)CSCc1cccc(C)c1. The number of carbonyl (C=O) groups is 2. The highest BCUT2D eigenvalue weighted by atomic mass is 32.2. The van der Waals surface area contributed by atoms with Gasteiger partial charge in [-0.15, -0.1) is 11.8 Å². The number of amides is 2. The Hall–Kier alpha value is -2.47. The van der Waals surface area contributed by atoms with Crippen molar-refractivity contribution in [3.8, 4) is 5.75 Å². The van der Waals surface area contributed by atoms with Gasteiger partial charge in [-0.3, -0.25) is 9.59 Å². The first kappa shape index (κ1) is 20.8. The second-order valence-electron chi connectivity index (χ2n) is 6.17. The van der Waals surface area contributed by atoms with Gasteiger partial charge in [0, 0.05) is 24.1 Å². The van der Waals surface area contributed by atoms with Gasteiger partial charge < -0.3 is 15.0 Å². The molecule has 144 valence electrons. The number of nitrogens with zero attached hydrogens (tertiary/aromatic N) is 1. The predicted octanol–water partition coefficient (Wildman–Crippen LogP) is 3.72. The van der Waals surface area contributed by atoms with Crippen molar-refractivity contribution in [2.45, 2.75) is 19.6 Å². The number of anilines is 1. The van der Waals surface area contributed by atoms with Crippen molar-refractivity contribution in [1.82, 2.24) is 4.90 Å². The zero-order chi connectivity index (χ0) is 19.6. The highest BCUT2D eigenvalue weighted by Gasteiger charge is 2.16. The van der Waals surface area contributed by atoms with Crippen molar-refractivity contribution in [3.63, 3.8) is 0 Å². The van der Waals surface area contributed by atoms with E-state index in [4.69, 9.17) is 4.74 Å². The smallest absolute Gasteiger partial charge is 0.243 e. The van der Waals surface area contributed by atoms with Crippen molar-refractivity contribution < 1.29 is 14.3 Å². The van der Waals surface area contributed by atoms with Crippen molar-refractivity contribution in [2.75, 3.05) is 31.3 Å². The van der Waals surface area contributed by atoms with Crippen molar-refractivity contribution in [3.05, 3.63) is 59.7 Å². The Balaban J connectivity index is 1.82. The summed E-state index contributed by atoms with van der Waals surface area (Å²) >= 11 is 1.56. The summed E-state index contributed by atoms with van der Waals surface area (Å²) in [4.78, 5) is 26.3. The van der Waals surface area contributed by atoms with E-state index in [9.17, 15) is 9.59 Å². The Morgan fingerprint density at radius 2 is 1.93 bits per heavy atom. The molecule has 6 heteroatoms. The Kier molecular flexibility index (Phi) is 8.20. The lowest BCUT2D eigenvalue weighted by molar-refractivity contribution is -0.132. The van der Waals surface area contributed by atoms with Gasteiger partial charge in [0.2, 0.25) is 11.8 Å². The maximum Gasteiger partial charge on any atom is 0.243 e. The fourth-order valence-electron chi connectivity index (χ4n) is 2.60. The monoisotopic (exact) mass is 386 g/mol. The molecule has 5 nitrogen and oxygen atoms in total. The minimum atomic E-state index is -0.220. The molecule has 0 aromatic heterocycles. The number of ether oxygens (including phenoxy) is 1. The Bertz CT molecular complexity index is 780. The summed E-state index contributed by atoms with van der Waals surface area (Å²) in [5.74, 6) is 1.55. The third-order valence-corrected chi connectivity index (χ3v) is 4.99. The summed E-state index contributed by atoms with van der Waals surface area (Å²) in [5, 5.41) is 2.80. The van der Waals surface area contributed by atoms with Gasteiger partial charge in [-0.25, -0.2) is 0 Å². The zero-order valence-electron chi connectivity index (χ0n) is 16.0. The summed E-state index contributed by atoms with van der Waals surface area (Å²) in [6, 6.07) is 15.4. The molecule has 2 rings (SSSR count). The molecule has 0 saturated carbocycles. The molecule has 0 aliphatic carbocycles. The summed E-state index contributed by atoms with van der Waals surface area (Å²) in [6.07, 6.45) is 0. The average molecular weight is 387 g/mol. The molecule has 2 amide bonds. The Morgan fingerprint density at radius 1 is 1.15 bits per heavy atom. The van der Waals surface area contributed by atoms with Crippen LogP contribution in [0.25, 0.3) is 0 Å². The lowest BCUT2D eigenvalue weighted by atomic mass is 10.2. The molecule has 27 heavy (non-hydrogen) atoms. The van der Waals surface area contributed by atoms with E-state index in [0.29, 0.717) is 23.7 Å². The van der Waals surface area contributed by atoms with E-state index in [-0.39, 0.29) is 18.4 Å². The van der Waals surface area contributed by atoms with Gasteiger partial charge in [0.25, 0.3) is 0 Å². The highest BCUT2D eigenvalue weighted by molar-refractivity contribution is 7.99. The fraction of sp³-hybridized carbons (Fsp3) is 0.333. The highest BCUT2D eigenvalue weighted by Crippen LogP contribution is 2.17. The van der Waals surface area contributed by atoms with Crippen molar-refractivity contribution >= 4 is 29.3 Å². The molecule has 1 N–H and O–H groups in total. The van der Waals surface area contributed by atoms with Gasteiger partial charge in [-0.2, -0.15) is 0 Å². The molecule has 0 bridgehead atoms. The first-order chi connectivity index (χ1) is 13.0. The number of hydrogen-bond acceptors (Lipinski definition) is 4. The minimum absolute atomic E-state index is 0.0315. The number of hydrogen-bond donors (Lipinski definition) is 1. The molecule has 0 aliphatic heterocycles. The maximum atomic E-state index is 12.4. The van der Waals surface area contributed by atoms with Crippen LogP contribution in [0.5, 0.6) is 5.75 Å². The van der Waals surface area contributed by atoms with Gasteiger partial charge in [0.15, 0.2) is 0 Å². The van der Waals surface area contributed by atoms with Crippen LogP contribution in [0.4, 0.5) is 5.69 Å². The van der Waals surface area contributed by atoms with Gasteiger partial charge in [0.1, 0.15) is 5.75 Å². The zero-order valence-corrected chi connectivity index (χ0v) is 16.8. The number of benzene rings is 2. The number of aryl methyl sites for hydroxylation is 1. The quantitative estimate of drug-likeness (QED) is 0.713. The van der Waals surface area contributed by atoms with E-state index >= 15 is 0 Å². The molecule has 0 aliphatic rings. The topological polar surface area (TPSA) is 58.6 Å². The van der Waals surface area contributed by atoms with E-state index in [2.05, 4.69) is 30.4 Å². The maximum absolute atomic E-state index is 12.4. The van der Waals surface area contributed by atoms with Crippen LogP contribution in [0.3, 0.4) is 0 Å². The number of rotatable bonds is 9. The van der Waals surface area contributed by atoms with Crippen molar-refractivity contribution in [1.29, 1.82) is 0 Å². The number of nitrogens with one attached hydrogen (secondary N) is 1. The molecule has 0 radical (unpaired) electrons.